The van der Waals surface area contributed by atoms with Crippen molar-refractivity contribution in [2.75, 3.05) is 12.4 Å². The predicted octanol–water partition coefficient (Wildman–Crippen LogP) is 3.09. The molecule has 0 heterocycles. The summed E-state index contributed by atoms with van der Waals surface area (Å²) in [5.74, 6) is 0.642. The van der Waals surface area contributed by atoms with Crippen molar-refractivity contribution in [3.8, 4) is 0 Å². The molecule has 0 aliphatic rings. The number of halogens is 1. The summed E-state index contributed by atoms with van der Waals surface area (Å²) in [5.41, 5.74) is 0. The number of hydrogen-bond donors (Lipinski definition) is 1. The van der Waals surface area contributed by atoms with Crippen LogP contribution in [0.15, 0.2) is 0 Å². The summed E-state index contributed by atoms with van der Waals surface area (Å²) < 4.78 is 0. The van der Waals surface area contributed by atoms with E-state index in [0.29, 0.717) is 18.8 Å². The van der Waals surface area contributed by atoms with Crippen molar-refractivity contribution < 1.29 is 4.79 Å². The van der Waals surface area contributed by atoms with Crippen molar-refractivity contribution in [3.05, 3.63) is 0 Å². The van der Waals surface area contributed by atoms with Crippen LogP contribution >= 0.6 is 11.6 Å². The van der Waals surface area contributed by atoms with Gasteiger partial charge in [-0.1, -0.05) is 39.0 Å². The highest BCUT2D eigenvalue weighted by Crippen LogP contribution is 2.06. The molecule has 0 atom stereocenters. The van der Waals surface area contributed by atoms with E-state index in [0.717, 1.165) is 6.42 Å². The molecule has 14 heavy (non-hydrogen) atoms. The number of alkyl halides is 1. The zero-order valence-electron chi connectivity index (χ0n) is 9.15. The van der Waals surface area contributed by atoms with Crippen molar-refractivity contribution in [2.45, 2.75) is 51.9 Å². The van der Waals surface area contributed by atoms with E-state index in [1.807, 2.05) is 0 Å². The molecule has 3 heteroatoms. The van der Waals surface area contributed by atoms with Crippen molar-refractivity contribution >= 4 is 17.5 Å². The lowest BCUT2D eigenvalue weighted by atomic mass is 10.1. The summed E-state index contributed by atoms with van der Waals surface area (Å²) >= 11 is 5.45. The van der Waals surface area contributed by atoms with Gasteiger partial charge in [0.15, 0.2) is 0 Å². The summed E-state index contributed by atoms with van der Waals surface area (Å²) in [6, 6.07) is 0. The van der Waals surface area contributed by atoms with Gasteiger partial charge >= 0.3 is 0 Å². The van der Waals surface area contributed by atoms with Crippen LogP contribution in [0.25, 0.3) is 0 Å². The average Bonchev–Trinajstić information content (AvgIpc) is 2.20. The predicted molar refractivity (Wildman–Crippen MR) is 61.7 cm³/mol. The number of hydrogen-bond acceptors (Lipinski definition) is 1. The van der Waals surface area contributed by atoms with Crippen LogP contribution in [-0.2, 0) is 4.79 Å². The largest absolute Gasteiger partial charge is 0.355 e. The van der Waals surface area contributed by atoms with Gasteiger partial charge < -0.3 is 5.32 Å². The van der Waals surface area contributed by atoms with Crippen molar-refractivity contribution in [2.24, 2.45) is 0 Å². The second kappa shape index (κ2) is 10.8. The van der Waals surface area contributed by atoms with Crippen LogP contribution < -0.4 is 5.32 Å². The molecule has 2 nitrogen and oxygen atoms in total. The first-order chi connectivity index (χ1) is 6.81. The van der Waals surface area contributed by atoms with Crippen LogP contribution in [0.4, 0.5) is 0 Å². The van der Waals surface area contributed by atoms with Gasteiger partial charge in [0.25, 0.3) is 0 Å². The highest BCUT2D eigenvalue weighted by Gasteiger charge is 1.98. The van der Waals surface area contributed by atoms with Crippen LogP contribution in [-0.4, -0.2) is 18.3 Å². The lowest BCUT2D eigenvalue weighted by Gasteiger charge is -2.02. The quantitative estimate of drug-likeness (QED) is 0.469. The Morgan fingerprint density at radius 3 is 2.43 bits per heavy atom. The molecule has 0 aromatic heterocycles. The molecule has 0 radical (unpaired) electrons. The van der Waals surface area contributed by atoms with Gasteiger partial charge in [-0.25, -0.2) is 0 Å². The number of unbranched alkanes of at least 4 members (excludes halogenated alkanes) is 5. The maximum atomic E-state index is 11.1. The van der Waals surface area contributed by atoms with Crippen molar-refractivity contribution in [1.82, 2.24) is 5.32 Å². The van der Waals surface area contributed by atoms with E-state index in [2.05, 4.69) is 12.2 Å². The minimum Gasteiger partial charge on any atom is -0.355 e. The molecule has 84 valence electrons. The maximum absolute atomic E-state index is 11.1. The molecule has 0 bridgehead atoms. The lowest BCUT2D eigenvalue weighted by Crippen LogP contribution is -2.24. The summed E-state index contributed by atoms with van der Waals surface area (Å²) in [4.78, 5) is 11.1. The molecule has 0 saturated carbocycles. The fourth-order valence-corrected chi connectivity index (χ4v) is 1.44. The molecular weight excluding hydrogens is 198 g/mol. The number of carbonyl (C=O) groups excluding carboxylic acids is 1. The molecule has 0 aromatic rings. The van der Waals surface area contributed by atoms with E-state index in [4.69, 9.17) is 11.6 Å². The van der Waals surface area contributed by atoms with Gasteiger partial charge in [0, 0.05) is 18.8 Å². The summed E-state index contributed by atoms with van der Waals surface area (Å²) in [6.45, 7) is 2.80. The van der Waals surface area contributed by atoms with Crippen molar-refractivity contribution in [1.29, 1.82) is 0 Å². The third-order valence-corrected chi connectivity index (χ3v) is 2.36. The van der Waals surface area contributed by atoms with Crippen molar-refractivity contribution in [3.63, 3.8) is 0 Å². The molecule has 0 unspecified atom stereocenters. The Hall–Kier alpha value is -0.240. The fourth-order valence-electron chi connectivity index (χ4n) is 1.34. The topological polar surface area (TPSA) is 29.1 Å². The van der Waals surface area contributed by atoms with E-state index in [1.165, 1.54) is 32.1 Å². The van der Waals surface area contributed by atoms with E-state index in [1.54, 1.807) is 0 Å². The summed E-state index contributed by atoms with van der Waals surface area (Å²) in [7, 11) is 0. The zero-order valence-corrected chi connectivity index (χ0v) is 9.91. The smallest absolute Gasteiger partial charge is 0.220 e. The Balaban J connectivity index is 3.07. The van der Waals surface area contributed by atoms with Gasteiger partial charge in [0.05, 0.1) is 0 Å². The zero-order chi connectivity index (χ0) is 10.6. The highest BCUT2D eigenvalue weighted by molar-refractivity contribution is 6.18. The molecule has 0 aliphatic heterocycles. The second-order valence-electron chi connectivity index (χ2n) is 3.56. The normalized spacial score (nSPS) is 10.1. The molecule has 0 aliphatic carbocycles. The first kappa shape index (κ1) is 13.8. The number of rotatable bonds is 9. The Morgan fingerprint density at radius 2 is 1.79 bits per heavy atom. The van der Waals surface area contributed by atoms with Crippen LogP contribution in [0, 0.1) is 0 Å². The fraction of sp³-hybridized carbons (Fsp3) is 0.909. The SMILES string of the molecule is CCCCCCCCC(=O)NCCCl. The molecule has 0 aromatic carbocycles. The van der Waals surface area contributed by atoms with E-state index >= 15 is 0 Å². The highest BCUT2D eigenvalue weighted by atomic mass is 35.5. The van der Waals surface area contributed by atoms with Gasteiger partial charge in [0.2, 0.25) is 5.91 Å². The molecule has 1 N–H and O–H groups in total. The van der Waals surface area contributed by atoms with Gasteiger partial charge in [0.1, 0.15) is 0 Å². The number of amides is 1. The Bertz CT molecular complexity index is 139. The minimum absolute atomic E-state index is 0.140. The molecule has 1 amide bonds. The average molecular weight is 220 g/mol. The van der Waals surface area contributed by atoms with Gasteiger partial charge in [-0.3, -0.25) is 4.79 Å². The third-order valence-electron chi connectivity index (χ3n) is 2.17. The molecular formula is C11H22ClNO. The first-order valence-electron chi connectivity index (χ1n) is 5.64. The molecule has 0 spiro atoms. The van der Waals surface area contributed by atoms with E-state index in [-0.39, 0.29) is 5.91 Å². The standard InChI is InChI=1S/C11H22ClNO/c1-2-3-4-5-6-7-8-11(14)13-10-9-12/h2-10H2,1H3,(H,13,14). The van der Waals surface area contributed by atoms with Crippen LogP contribution in [0.2, 0.25) is 0 Å². The maximum Gasteiger partial charge on any atom is 0.220 e. The lowest BCUT2D eigenvalue weighted by molar-refractivity contribution is -0.121. The Morgan fingerprint density at radius 1 is 1.14 bits per heavy atom. The molecule has 0 fully saturated rings. The van der Waals surface area contributed by atoms with E-state index in [9.17, 15) is 4.79 Å². The molecule has 0 rings (SSSR count). The summed E-state index contributed by atoms with van der Waals surface area (Å²) in [6.07, 6.45) is 8.00. The van der Waals surface area contributed by atoms with Crippen LogP contribution in [0.5, 0.6) is 0 Å². The van der Waals surface area contributed by atoms with Crippen LogP contribution in [0.3, 0.4) is 0 Å². The first-order valence-corrected chi connectivity index (χ1v) is 6.17. The minimum atomic E-state index is 0.140. The van der Waals surface area contributed by atoms with E-state index < -0.39 is 0 Å². The Labute approximate surface area is 92.4 Å². The van der Waals surface area contributed by atoms with Gasteiger partial charge in [-0.2, -0.15) is 0 Å². The Kier molecular flexibility index (Phi) is 10.7. The molecule has 0 saturated heterocycles. The number of nitrogens with one attached hydrogen (secondary N) is 1. The second-order valence-corrected chi connectivity index (χ2v) is 3.93. The van der Waals surface area contributed by atoms with Gasteiger partial charge in [-0.15, -0.1) is 11.6 Å². The summed E-state index contributed by atoms with van der Waals surface area (Å²) in [5, 5.41) is 2.76. The van der Waals surface area contributed by atoms with Crippen LogP contribution in [0.1, 0.15) is 51.9 Å². The third kappa shape index (κ3) is 9.85. The number of carbonyl (C=O) groups is 1. The monoisotopic (exact) mass is 219 g/mol. The van der Waals surface area contributed by atoms with Gasteiger partial charge in [-0.05, 0) is 6.42 Å².